The lowest BCUT2D eigenvalue weighted by molar-refractivity contribution is 0.102. The van der Waals surface area contributed by atoms with Crippen molar-refractivity contribution in [2.24, 2.45) is 0 Å². The predicted molar refractivity (Wildman–Crippen MR) is 109 cm³/mol. The lowest BCUT2D eigenvalue weighted by atomic mass is 10.1. The van der Waals surface area contributed by atoms with Crippen molar-refractivity contribution >= 4 is 27.4 Å². The molecule has 0 atom stereocenters. The molecular weight excluding hydrogens is 408 g/mol. The second-order valence-corrected chi connectivity index (χ2v) is 8.65. The van der Waals surface area contributed by atoms with Crippen LogP contribution in [0.15, 0.2) is 47.6 Å². The van der Waals surface area contributed by atoms with Crippen LogP contribution in [0.5, 0.6) is 5.75 Å². The van der Waals surface area contributed by atoms with Crippen LogP contribution in [-0.4, -0.2) is 47.5 Å². The standard InChI is InChI=1S/C19H20N6O4S/c1-29-12-4-5-14(16(20)9-12)19(26)22-18-15-11-25(8-6-17(15)23-24-18)30(27,28)13-3-2-7-21-10-13/h2-5,7,9-10H,6,8,11,20H2,1H3,(H2,22,23,24,26). The fourth-order valence-corrected chi connectivity index (χ4v) is 4.65. The zero-order valence-electron chi connectivity index (χ0n) is 16.1. The van der Waals surface area contributed by atoms with Crippen LogP contribution in [0.3, 0.4) is 0 Å². The van der Waals surface area contributed by atoms with Crippen molar-refractivity contribution in [2.45, 2.75) is 17.9 Å². The number of amides is 1. The number of nitrogens with two attached hydrogens (primary N) is 1. The molecule has 0 saturated heterocycles. The molecule has 0 unspecified atom stereocenters. The number of fused-ring (bicyclic) bond motifs is 1. The number of carbonyl (C=O) groups excluding carboxylic acids is 1. The van der Waals surface area contributed by atoms with E-state index in [1.165, 1.54) is 29.9 Å². The third-order valence-corrected chi connectivity index (χ3v) is 6.73. The number of methoxy groups -OCH3 is 1. The molecule has 3 aromatic rings. The number of aromatic nitrogens is 3. The van der Waals surface area contributed by atoms with Gasteiger partial charge in [0.15, 0.2) is 5.82 Å². The Labute approximate surface area is 173 Å². The number of nitrogen functional groups attached to an aromatic ring is 1. The second kappa shape index (κ2) is 7.76. The van der Waals surface area contributed by atoms with E-state index in [-0.39, 0.29) is 28.5 Å². The Hall–Kier alpha value is -3.44. The number of nitrogens with one attached hydrogen (secondary N) is 2. The molecular formula is C19H20N6O4S. The number of hydrogen-bond acceptors (Lipinski definition) is 7. The summed E-state index contributed by atoms with van der Waals surface area (Å²) in [6.45, 7) is 0.377. The highest BCUT2D eigenvalue weighted by Crippen LogP contribution is 2.29. The van der Waals surface area contributed by atoms with E-state index in [1.54, 1.807) is 24.3 Å². The average Bonchev–Trinajstić information content (AvgIpc) is 3.16. The molecule has 0 saturated carbocycles. The van der Waals surface area contributed by atoms with Crippen LogP contribution in [0, 0.1) is 0 Å². The van der Waals surface area contributed by atoms with E-state index in [1.807, 2.05) is 0 Å². The van der Waals surface area contributed by atoms with Gasteiger partial charge in [-0.1, -0.05) is 0 Å². The lowest BCUT2D eigenvalue weighted by Gasteiger charge is -2.26. The summed E-state index contributed by atoms with van der Waals surface area (Å²) in [7, 11) is -2.20. The van der Waals surface area contributed by atoms with Gasteiger partial charge in [0.2, 0.25) is 10.0 Å². The topological polar surface area (TPSA) is 143 Å². The van der Waals surface area contributed by atoms with Crippen LogP contribution in [-0.2, 0) is 23.0 Å². The summed E-state index contributed by atoms with van der Waals surface area (Å²) in [5.74, 6) is 0.366. The number of aromatic amines is 1. The normalized spacial score (nSPS) is 14.2. The molecule has 1 amide bonds. The second-order valence-electron chi connectivity index (χ2n) is 6.71. The van der Waals surface area contributed by atoms with Crippen LogP contribution in [0.2, 0.25) is 0 Å². The number of rotatable bonds is 5. The van der Waals surface area contributed by atoms with Gasteiger partial charge in [-0.3, -0.25) is 14.9 Å². The summed E-state index contributed by atoms with van der Waals surface area (Å²) in [6.07, 6.45) is 3.28. The maximum Gasteiger partial charge on any atom is 0.258 e. The summed E-state index contributed by atoms with van der Waals surface area (Å²) < 4.78 is 32.3. The van der Waals surface area contributed by atoms with Crippen molar-refractivity contribution in [1.82, 2.24) is 19.5 Å². The van der Waals surface area contributed by atoms with E-state index in [4.69, 9.17) is 10.5 Å². The Bertz CT molecular complexity index is 1190. The molecule has 4 rings (SSSR count). The highest BCUT2D eigenvalue weighted by atomic mass is 32.2. The third kappa shape index (κ3) is 3.60. The van der Waals surface area contributed by atoms with Gasteiger partial charge in [0.1, 0.15) is 10.6 Å². The molecule has 10 nitrogen and oxygen atoms in total. The molecule has 0 fully saturated rings. The fraction of sp³-hybridized carbons (Fsp3) is 0.211. The molecule has 1 aromatic carbocycles. The first-order valence-electron chi connectivity index (χ1n) is 9.11. The minimum atomic E-state index is -3.71. The Morgan fingerprint density at radius 3 is 2.87 bits per heavy atom. The molecule has 3 heterocycles. The quantitative estimate of drug-likeness (QED) is 0.521. The molecule has 1 aliphatic rings. The molecule has 0 spiro atoms. The zero-order chi connectivity index (χ0) is 21.3. The maximum atomic E-state index is 12.9. The minimum Gasteiger partial charge on any atom is -0.497 e. The maximum absolute atomic E-state index is 12.9. The number of nitrogens with zero attached hydrogens (tertiary/aromatic N) is 3. The molecule has 156 valence electrons. The van der Waals surface area contributed by atoms with Gasteiger partial charge < -0.3 is 15.8 Å². The van der Waals surface area contributed by atoms with Crippen LogP contribution in [0.1, 0.15) is 21.6 Å². The summed E-state index contributed by atoms with van der Waals surface area (Å²) >= 11 is 0. The number of ether oxygens (including phenoxy) is 1. The van der Waals surface area contributed by atoms with Gasteiger partial charge in [-0.05, 0) is 24.3 Å². The first-order chi connectivity index (χ1) is 14.4. The number of benzene rings is 1. The van der Waals surface area contributed by atoms with E-state index >= 15 is 0 Å². The summed E-state index contributed by atoms with van der Waals surface area (Å²) in [6, 6.07) is 7.82. The van der Waals surface area contributed by atoms with Crippen LogP contribution >= 0.6 is 0 Å². The van der Waals surface area contributed by atoms with Crippen molar-refractivity contribution in [1.29, 1.82) is 0 Å². The third-order valence-electron chi connectivity index (χ3n) is 4.91. The summed E-state index contributed by atoms with van der Waals surface area (Å²) in [4.78, 5) is 16.7. The zero-order valence-corrected chi connectivity index (χ0v) is 16.9. The number of hydrogen-bond donors (Lipinski definition) is 3. The largest absolute Gasteiger partial charge is 0.497 e. The summed E-state index contributed by atoms with van der Waals surface area (Å²) in [5, 5.41) is 9.76. The highest BCUT2D eigenvalue weighted by Gasteiger charge is 2.31. The van der Waals surface area contributed by atoms with Gasteiger partial charge in [-0.25, -0.2) is 8.42 Å². The van der Waals surface area contributed by atoms with E-state index in [2.05, 4.69) is 20.5 Å². The van der Waals surface area contributed by atoms with E-state index in [0.29, 0.717) is 24.3 Å². The van der Waals surface area contributed by atoms with Crippen molar-refractivity contribution in [3.05, 3.63) is 59.5 Å². The number of anilines is 2. The van der Waals surface area contributed by atoms with Gasteiger partial charge in [0.25, 0.3) is 5.91 Å². The first kappa shape index (κ1) is 19.9. The molecule has 30 heavy (non-hydrogen) atoms. The van der Waals surface area contributed by atoms with Crippen LogP contribution in [0.25, 0.3) is 0 Å². The van der Waals surface area contributed by atoms with Gasteiger partial charge in [-0.15, -0.1) is 0 Å². The van der Waals surface area contributed by atoms with Gasteiger partial charge >= 0.3 is 0 Å². The molecule has 0 aliphatic carbocycles. The molecule has 1 aliphatic heterocycles. The van der Waals surface area contributed by atoms with Crippen LogP contribution < -0.4 is 15.8 Å². The van der Waals surface area contributed by atoms with Crippen molar-refractivity contribution in [3.8, 4) is 5.75 Å². The van der Waals surface area contributed by atoms with E-state index in [9.17, 15) is 13.2 Å². The number of sulfonamides is 1. The number of carbonyl (C=O) groups is 1. The molecule has 2 aromatic heterocycles. The monoisotopic (exact) mass is 428 g/mol. The van der Waals surface area contributed by atoms with Crippen molar-refractivity contribution < 1.29 is 17.9 Å². The number of pyridine rings is 1. The van der Waals surface area contributed by atoms with Crippen molar-refractivity contribution in [2.75, 3.05) is 24.7 Å². The molecule has 11 heteroatoms. The van der Waals surface area contributed by atoms with E-state index < -0.39 is 15.9 Å². The van der Waals surface area contributed by atoms with Gasteiger partial charge in [0, 0.05) is 54.9 Å². The minimum absolute atomic E-state index is 0.0801. The smallest absolute Gasteiger partial charge is 0.258 e. The Morgan fingerprint density at radius 1 is 1.33 bits per heavy atom. The Kier molecular flexibility index (Phi) is 5.14. The molecule has 0 bridgehead atoms. The Morgan fingerprint density at radius 2 is 2.17 bits per heavy atom. The molecule has 4 N–H and O–H groups in total. The average molecular weight is 428 g/mol. The lowest BCUT2D eigenvalue weighted by Crippen LogP contribution is -2.36. The SMILES string of the molecule is COc1ccc(C(=O)Nc2n[nH]c3c2CN(S(=O)(=O)c2cccnc2)CC3)c(N)c1. The highest BCUT2D eigenvalue weighted by molar-refractivity contribution is 7.89. The van der Waals surface area contributed by atoms with Crippen LogP contribution in [0.4, 0.5) is 11.5 Å². The molecule has 0 radical (unpaired) electrons. The summed E-state index contributed by atoms with van der Waals surface area (Å²) in [5.41, 5.74) is 7.88. The van der Waals surface area contributed by atoms with Gasteiger partial charge in [-0.2, -0.15) is 9.40 Å². The van der Waals surface area contributed by atoms with E-state index in [0.717, 1.165) is 5.69 Å². The fourth-order valence-electron chi connectivity index (χ4n) is 3.28. The predicted octanol–water partition coefficient (Wildman–Crippen LogP) is 1.39. The van der Waals surface area contributed by atoms with Crippen molar-refractivity contribution in [3.63, 3.8) is 0 Å². The Balaban J connectivity index is 1.57. The first-order valence-corrected chi connectivity index (χ1v) is 10.6. The van der Waals surface area contributed by atoms with Gasteiger partial charge in [0.05, 0.1) is 12.7 Å². The number of H-pyrrole nitrogens is 1.